The zero-order valence-electron chi connectivity index (χ0n) is 14.6. The fourth-order valence-electron chi connectivity index (χ4n) is 3.96. The highest BCUT2D eigenvalue weighted by Crippen LogP contribution is 2.34. The molecule has 1 N–H and O–H groups in total. The molecule has 2 fully saturated rings. The lowest BCUT2D eigenvalue weighted by Crippen LogP contribution is -2.34. The van der Waals surface area contributed by atoms with Crippen LogP contribution in [0.15, 0.2) is 65.6 Å². The van der Waals surface area contributed by atoms with Crippen LogP contribution < -0.4 is 4.72 Å². The van der Waals surface area contributed by atoms with Gasteiger partial charge in [-0.05, 0) is 17.7 Å². The van der Waals surface area contributed by atoms with Crippen molar-refractivity contribution in [3.8, 4) is 0 Å². The molecule has 2 saturated heterocycles. The van der Waals surface area contributed by atoms with Gasteiger partial charge in [-0.15, -0.1) is 0 Å². The molecular formula is C20H24N2O3S. The Hall–Kier alpha value is -1.73. The van der Waals surface area contributed by atoms with E-state index in [2.05, 4.69) is 33.9 Å². The van der Waals surface area contributed by atoms with Crippen LogP contribution in [0.2, 0.25) is 0 Å². The number of nitrogens with one attached hydrogen (secondary N) is 1. The largest absolute Gasteiger partial charge is 0.376 e. The summed E-state index contributed by atoms with van der Waals surface area (Å²) in [4.78, 5) is 2.72. The van der Waals surface area contributed by atoms with Crippen LogP contribution in [-0.2, 0) is 21.3 Å². The zero-order chi connectivity index (χ0) is 18.0. The molecule has 3 atom stereocenters. The van der Waals surface area contributed by atoms with Crippen LogP contribution >= 0.6 is 0 Å². The van der Waals surface area contributed by atoms with Gasteiger partial charge in [0.2, 0.25) is 10.0 Å². The number of nitrogens with zero attached hydrogens (tertiary/aromatic N) is 1. The van der Waals surface area contributed by atoms with E-state index in [1.807, 2.05) is 12.1 Å². The van der Waals surface area contributed by atoms with Gasteiger partial charge in [-0.25, -0.2) is 13.1 Å². The van der Waals surface area contributed by atoms with E-state index in [9.17, 15) is 8.42 Å². The van der Waals surface area contributed by atoms with Crippen molar-refractivity contribution in [1.82, 2.24) is 9.62 Å². The minimum absolute atomic E-state index is 0.213. The van der Waals surface area contributed by atoms with Crippen LogP contribution in [0.3, 0.4) is 0 Å². The topological polar surface area (TPSA) is 58.6 Å². The molecule has 138 valence electrons. The Morgan fingerprint density at radius 1 is 1.00 bits per heavy atom. The van der Waals surface area contributed by atoms with Crippen LogP contribution in [0.25, 0.3) is 0 Å². The van der Waals surface area contributed by atoms with Gasteiger partial charge < -0.3 is 4.74 Å². The van der Waals surface area contributed by atoms with E-state index >= 15 is 0 Å². The van der Waals surface area contributed by atoms with E-state index in [4.69, 9.17) is 4.74 Å². The molecular weight excluding hydrogens is 348 g/mol. The number of fused-ring (bicyclic) bond motifs is 1. The Balaban J connectivity index is 1.35. The van der Waals surface area contributed by atoms with Gasteiger partial charge in [-0.2, -0.15) is 0 Å². The van der Waals surface area contributed by atoms with Crippen molar-refractivity contribution in [2.75, 3.05) is 26.2 Å². The highest BCUT2D eigenvalue weighted by molar-refractivity contribution is 7.89. The Morgan fingerprint density at radius 3 is 2.42 bits per heavy atom. The molecule has 26 heavy (non-hydrogen) atoms. The van der Waals surface area contributed by atoms with Crippen LogP contribution in [-0.4, -0.2) is 45.7 Å². The lowest BCUT2D eigenvalue weighted by atomic mass is 9.93. The van der Waals surface area contributed by atoms with Crippen LogP contribution in [0, 0.1) is 11.8 Å². The average molecular weight is 372 g/mol. The van der Waals surface area contributed by atoms with E-state index in [0.29, 0.717) is 24.0 Å². The number of ether oxygens (including phenoxy) is 1. The third kappa shape index (κ3) is 3.83. The van der Waals surface area contributed by atoms with E-state index in [-0.39, 0.29) is 12.0 Å². The number of benzene rings is 2. The molecule has 2 aromatic rings. The van der Waals surface area contributed by atoms with Crippen LogP contribution in [0.5, 0.6) is 0 Å². The second kappa shape index (κ2) is 7.48. The fraction of sp³-hybridized carbons (Fsp3) is 0.400. The lowest BCUT2D eigenvalue weighted by Gasteiger charge is -2.20. The third-order valence-electron chi connectivity index (χ3n) is 5.35. The van der Waals surface area contributed by atoms with Gasteiger partial charge in [0.05, 0.1) is 17.6 Å². The van der Waals surface area contributed by atoms with Gasteiger partial charge in [0.15, 0.2) is 0 Å². The smallest absolute Gasteiger partial charge is 0.240 e. The lowest BCUT2D eigenvalue weighted by molar-refractivity contribution is 0.0942. The van der Waals surface area contributed by atoms with Crippen molar-refractivity contribution in [3.05, 3.63) is 66.2 Å². The van der Waals surface area contributed by atoms with Crippen molar-refractivity contribution >= 4 is 10.0 Å². The zero-order valence-corrected chi connectivity index (χ0v) is 15.4. The van der Waals surface area contributed by atoms with E-state index in [0.717, 1.165) is 19.6 Å². The van der Waals surface area contributed by atoms with Crippen molar-refractivity contribution in [2.24, 2.45) is 11.8 Å². The Kier molecular flexibility index (Phi) is 5.09. The second-order valence-electron chi connectivity index (χ2n) is 7.14. The Labute approximate surface area is 155 Å². The SMILES string of the molecule is O=S(=O)(NC[C@@H]1CO[C@@H]2CN(Cc3ccccc3)C[C@H]12)c1ccccc1. The van der Waals surface area contributed by atoms with Crippen molar-refractivity contribution < 1.29 is 13.2 Å². The minimum Gasteiger partial charge on any atom is -0.376 e. The first-order chi connectivity index (χ1) is 12.6. The monoisotopic (exact) mass is 372 g/mol. The first-order valence-electron chi connectivity index (χ1n) is 9.04. The molecule has 4 rings (SSSR count). The van der Waals surface area contributed by atoms with Crippen LogP contribution in [0.4, 0.5) is 0 Å². The molecule has 2 aliphatic heterocycles. The molecule has 2 aromatic carbocycles. The predicted octanol–water partition coefficient (Wildman–Crippen LogP) is 2.11. The number of sulfonamides is 1. The number of likely N-dealkylation sites (tertiary alicyclic amines) is 1. The van der Waals surface area contributed by atoms with Crippen molar-refractivity contribution in [3.63, 3.8) is 0 Å². The van der Waals surface area contributed by atoms with Crippen molar-refractivity contribution in [1.29, 1.82) is 0 Å². The minimum atomic E-state index is -3.46. The highest BCUT2D eigenvalue weighted by Gasteiger charge is 2.43. The third-order valence-corrected chi connectivity index (χ3v) is 6.79. The molecule has 0 aliphatic carbocycles. The summed E-state index contributed by atoms with van der Waals surface area (Å²) in [6.45, 7) is 3.85. The summed E-state index contributed by atoms with van der Waals surface area (Å²) in [7, 11) is -3.46. The standard InChI is InChI=1S/C20H24N2O3S/c23-26(24,18-9-5-2-6-10-18)21-11-17-15-25-20-14-22(13-19(17)20)12-16-7-3-1-4-8-16/h1-10,17,19-21H,11-15H2/t17-,19-,20-/m1/s1. The maximum Gasteiger partial charge on any atom is 0.240 e. The van der Waals surface area contributed by atoms with Gasteiger partial charge in [0.1, 0.15) is 0 Å². The van der Waals surface area contributed by atoms with Gasteiger partial charge in [-0.1, -0.05) is 48.5 Å². The number of hydrogen-bond acceptors (Lipinski definition) is 4. The second-order valence-corrected chi connectivity index (χ2v) is 8.91. The summed E-state index contributed by atoms with van der Waals surface area (Å²) in [6.07, 6.45) is 0.213. The molecule has 5 nitrogen and oxygen atoms in total. The highest BCUT2D eigenvalue weighted by atomic mass is 32.2. The Bertz CT molecular complexity index is 827. The van der Waals surface area contributed by atoms with E-state index in [1.54, 1.807) is 24.3 Å². The molecule has 0 saturated carbocycles. The normalized spacial score (nSPS) is 26.1. The fourth-order valence-corrected chi connectivity index (χ4v) is 5.08. The molecule has 0 unspecified atom stereocenters. The summed E-state index contributed by atoms with van der Waals surface area (Å²) in [5.41, 5.74) is 1.30. The number of hydrogen-bond donors (Lipinski definition) is 1. The Morgan fingerprint density at radius 2 is 1.69 bits per heavy atom. The summed E-state index contributed by atoms with van der Waals surface area (Å²) < 4.78 is 33.6. The van der Waals surface area contributed by atoms with Gasteiger partial charge in [0, 0.05) is 38.0 Å². The first kappa shape index (κ1) is 17.7. The molecule has 0 radical (unpaired) electrons. The molecule has 0 bridgehead atoms. The molecule has 2 heterocycles. The predicted molar refractivity (Wildman–Crippen MR) is 100 cm³/mol. The van der Waals surface area contributed by atoms with Gasteiger partial charge in [-0.3, -0.25) is 4.90 Å². The van der Waals surface area contributed by atoms with Crippen LogP contribution in [0.1, 0.15) is 5.56 Å². The summed E-state index contributed by atoms with van der Waals surface area (Å²) >= 11 is 0. The molecule has 2 aliphatic rings. The summed E-state index contributed by atoms with van der Waals surface area (Å²) in [5, 5.41) is 0. The van der Waals surface area contributed by atoms with E-state index in [1.165, 1.54) is 5.56 Å². The maximum absolute atomic E-state index is 12.4. The molecule has 0 amide bonds. The quantitative estimate of drug-likeness (QED) is 0.844. The van der Waals surface area contributed by atoms with E-state index < -0.39 is 10.0 Å². The summed E-state index contributed by atoms with van der Waals surface area (Å²) in [5.74, 6) is 0.608. The average Bonchev–Trinajstić information content (AvgIpc) is 3.22. The molecule has 0 aromatic heterocycles. The molecule has 6 heteroatoms. The maximum atomic E-state index is 12.4. The van der Waals surface area contributed by atoms with Gasteiger partial charge in [0.25, 0.3) is 0 Å². The first-order valence-corrected chi connectivity index (χ1v) is 10.5. The summed E-state index contributed by atoms with van der Waals surface area (Å²) in [6, 6.07) is 19.0. The van der Waals surface area contributed by atoms with Gasteiger partial charge >= 0.3 is 0 Å². The van der Waals surface area contributed by atoms with Crippen molar-refractivity contribution in [2.45, 2.75) is 17.5 Å². The molecule has 0 spiro atoms. The number of rotatable bonds is 6.